The summed E-state index contributed by atoms with van der Waals surface area (Å²) in [7, 11) is 1.74. The number of hydrogen-bond acceptors (Lipinski definition) is 4. The van der Waals surface area contributed by atoms with Crippen LogP contribution in [0.2, 0.25) is 0 Å². The molecule has 0 radical (unpaired) electrons. The summed E-state index contributed by atoms with van der Waals surface area (Å²) in [5.74, 6) is 0.847. The fourth-order valence-corrected chi connectivity index (χ4v) is 3.37. The molecule has 1 aromatic carbocycles. The average molecular weight is 375 g/mol. The van der Waals surface area contributed by atoms with Crippen LogP contribution in [0.4, 0.5) is 5.69 Å². The van der Waals surface area contributed by atoms with Crippen LogP contribution in [0.1, 0.15) is 21.7 Å². The number of nitrogens with one attached hydrogen (secondary N) is 1. The number of benzene rings is 1. The third kappa shape index (κ3) is 3.64. The quantitative estimate of drug-likeness (QED) is 0.740. The van der Waals surface area contributed by atoms with Crippen molar-refractivity contribution < 1.29 is 9.59 Å². The lowest BCUT2D eigenvalue weighted by Crippen LogP contribution is -2.31. The highest BCUT2D eigenvalue weighted by molar-refractivity contribution is 6.05. The average Bonchev–Trinajstić information content (AvgIpc) is 3.34. The predicted molar refractivity (Wildman–Crippen MR) is 105 cm³/mol. The molecule has 7 heteroatoms. The predicted octanol–water partition coefficient (Wildman–Crippen LogP) is 2.04. The zero-order chi connectivity index (χ0) is 19.5. The Morgan fingerprint density at radius 3 is 2.61 bits per heavy atom. The van der Waals surface area contributed by atoms with Crippen molar-refractivity contribution in [3.05, 3.63) is 78.1 Å². The van der Waals surface area contributed by atoms with Crippen LogP contribution in [0.25, 0.3) is 0 Å². The molecule has 0 aliphatic carbocycles. The van der Waals surface area contributed by atoms with E-state index in [1.54, 1.807) is 42.7 Å². The number of imidazole rings is 1. The Balaban J connectivity index is 1.33. The van der Waals surface area contributed by atoms with Gasteiger partial charge in [-0.25, -0.2) is 4.98 Å². The van der Waals surface area contributed by atoms with E-state index in [2.05, 4.69) is 15.3 Å². The summed E-state index contributed by atoms with van der Waals surface area (Å²) in [4.78, 5) is 34.7. The van der Waals surface area contributed by atoms with E-state index in [0.29, 0.717) is 25.1 Å². The summed E-state index contributed by atoms with van der Waals surface area (Å²) in [6, 6.07) is 11.0. The smallest absolute Gasteiger partial charge is 0.258 e. The summed E-state index contributed by atoms with van der Waals surface area (Å²) >= 11 is 0. The van der Waals surface area contributed by atoms with E-state index < -0.39 is 0 Å². The van der Waals surface area contributed by atoms with Crippen molar-refractivity contribution in [3.8, 4) is 0 Å². The van der Waals surface area contributed by atoms with E-state index in [-0.39, 0.29) is 17.7 Å². The molecule has 28 heavy (non-hydrogen) atoms. The van der Waals surface area contributed by atoms with E-state index in [0.717, 1.165) is 17.1 Å². The monoisotopic (exact) mass is 375 g/mol. The first-order valence-corrected chi connectivity index (χ1v) is 9.16. The summed E-state index contributed by atoms with van der Waals surface area (Å²) in [6.07, 6.45) is 7.56. The van der Waals surface area contributed by atoms with Crippen molar-refractivity contribution in [2.45, 2.75) is 19.5 Å². The molecule has 142 valence electrons. The molecule has 2 aromatic heterocycles. The largest absolute Gasteiger partial charge is 0.352 e. The second-order valence-electron chi connectivity index (χ2n) is 6.88. The van der Waals surface area contributed by atoms with Crippen LogP contribution < -0.4 is 10.2 Å². The second kappa shape index (κ2) is 7.64. The summed E-state index contributed by atoms with van der Waals surface area (Å²) < 4.78 is 2.02. The number of hydrogen-bond donors (Lipinski definition) is 1. The molecule has 3 aromatic rings. The number of rotatable bonds is 5. The zero-order valence-electron chi connectivity index (χ0n) is 15.6. The Bertz CT molecular complexity index is 961. The number of carbonyl (C=O) groups excluding carboxylic acids is 2. The van der Waals surface area contributed by atoms with Gasteiger partial charge in [0.1, 0.15) is 5.82 Å². The fraction of sp³-hybridized carbons (Fsp3) is 0.238. The van der Waals surface area contributed by atoms with Crippen LogP contribution >= 0.6 is 0 Å². The van der Waals surface area contributed by atoms with Gasteiger partial charge in [-0.3, -0.25) is 14.6 Å². The number of amides is 2. The lowest BCUT2D eigenvalue weighted by Gasteiger charge is -2.18. The number of aromatic nitrogens is 3. The molecule has 1 aliphatic rings. The molecular formula is C21H21N5O2. The standard InChI is InChI=1S/C21H21N5O2/c1-25(21(28)16-6-8-22-9-7-16)18-4-2-15(3-5-18)13-24-20(27)17-12-19-23-10-11-26(19)14-17/h2-11,17H,12-14H2,1H3,(H,24,27). The van der Waals surface area contributed by atoms with Crippen LogP contribution in [0.3, 0.4) is 0 Å². The van der Waals surface area contributed by atoms with Gasteiger partial charge in [-0.15, -0.1) is 0 Å². The van der Waals surface area contributed by atoms with E-state index in [1.165, 1.54) is 0 Å². The minimum absolute atomic E-state index is 0.0413. The van der Waals surface area contributed by atoms with Crippen LogP contribution in [-0.4, -0.2) is 33.4 Å². The molecule has 0 fully saturated rings. The molecule has 7 nitrogen and oxygen atoms in total. The SMILES string of the molecule is CN(C(=O)c1ccncc1)c1ccc(CNC(=O)C2Cc3nccn3C2)cc1. The van der Waals surface area contributed by atoms with Gasteiger partial charge in [0, 0.05) is 62.6 Å². The molecule has 4 rings (SSSR count). The van der Waals surface area contributed by atoms with Gasteiger partial charge in [0.15, 0.2) is 0 Å². The molecule has 3 heterocycles. The number of fused-ring (bicyclic) bond motifs is 1. The zero-order valence-corrected chi connectivity index (χ0v) is 15.6. The number of pyridine rings is 1. The highest BCUT2D eigenvalue weighted by atomic mass is 16.2. The Kier molecular flexibility index (Phi) is 4.89. The van der Waals surface area contributed by atoms with E-state index in [4.69, 9.17) is 0 Å². The van der Waals surface area contributed by atoms with Gasteiger partial charge in [-0.05, 0) is 29.8 Å². The lowest BCUT2D eigenvalue weighted by atomic mass is 10.1. The van der Waals surface area contributed by atoms with Crippen LogP contribution in [0.5, 0.6) is 0 Å². The van der Waals surface area contributed by atoms with Crippen molar-refractivity contribution in [3.63, 3.8) is 0 Å². The van der Waals surface area contributed by atoms with Gasteiger partial charge in [0.05, 0.1) is 5.92 Å². The molecule has 0 bridgehead atoms. The van der Waals surface area contributed by atoms with Crippen molar-refractivity contribution in [2.75, 3.05) is 11.9 Å². The summed E-state index contributed by atoms with van der Waals surface area (Å²) in [5, 5.41) is 3.00. The molecular weight excluding hydrogens is 354 g/mol. The first kappa shape index (κ1) is 17.9. The van der Waals surface area contributed by atoms with Crippen LogP contribution in [0, 0.1) is 5.92 Å². The molecule has 0 saturated carbocycles. The highest BCUT2D eigenvalue weighted by Crippen LogP contribution is 2.20. The Hall–Kier alpha value is -3.48. The fourth-order valence-electron chi connectivity index (χ4n) is 3.37. The van der Waals surface area contributed by atoms with Gasteiger partial charge in [0.2, 0.25) is 5.91 Å². The molecule has 1 atom stereocenters. The van der Waals surface area contributed by atoms with Gasteiger partial charge >= 0.3 is 0 Å². The Morgan fingerprint density at radius 2 is 1.89 bits per heavy atom. The molecule has 1 N–H and O–H groups in total. The molecule has 1 unspecified atom stereocenters. The van der Waals surface area contributed by atoms with Crippen molar-refractivity contribution >= 4 is 17.5 Å². The first-order chi connectivity index (χ1) is 13.6. The number of nitrogens with zero attached hydrogens (tertiary/aromatic N) is 4. The number of carbonyl (C=O) groups is 2. The summed E-state index contributed by atoms with van der Waals surface area (Å²) in [5.41, 5.74) is 2.36. The molecule has 0 saturated heterocycles. The van der Waals surface area contributed by atoms with E-state index in [1.807, 2.05) is 35.0 Å². The number of anilines is 1. The van der Waals surface area contributed by atoms with Crippen LogP contribution in [0.15, 0.2) is 61.2 Å². The van der Waals surface area contributed by atoms with Gasteiger partial charge in [-0.1, -0.05) is 12.1 Å². The topological polar surface area (TPSA) is 80.1 Å². The van der Waals surface area contributed by atoms with Crippen LogP contribution in [-0.2, 0) is 24.3 Å². The van der Waals surface area contributed by atoms with E-state index >= 15 is 0 Å². The minimum atomic E-state index is -0.0952. The Labute approximate surface area is 163 Å². The second-order valence-corrected chi connectivity index (χ2v) is 6.88. The third-order valence-electron chi connectivity index (χ3n) is 5.04. The minimum Gasteiger partial charge on any atom is -0.352 e. The van der Waals surface area contributed by atoms with Crippen molar-refractivity contribution in [1.29, 1.82) is 0 Å². The highest BCUT2D eigenvalue weighted by Gasteiger charge is 2.27. The van der Waals surface area contributed by atoms with Gasteiger partial charge < -0.3 is 14.8 Å². The maximum atomic E-state index is 12.5. The maximum absolute atomic E-state index is 12.5. The van der Waals surface area contributed by atoms with Gasteiger partial charge in [-0.2, -0.15) is 0 Å². The lowest BCUT2D eigenvalue weighted by molar-refractivity contribution is -0.125. The molecule has 0 spiro atoms. The van der Waals surface area contributed by atoms with Crippen molar-refractivity contribution in [1.82, 2.24) is 19.9 Å². The third-order valence-corrected chi connectivity index (χ3v) is 5.04. The first-order valence-electron chi connectivity index (χ1n) is 9.16. The maximum Gasteiger partial charge on any atom is 0.258 e. The van der Waals surface area contributed by atoms with Crippen molar-refractivity contribution in [2.24, 2.45) is 5.92 Å². The Morgan fingerprint density at radius 1 is 1.14 bits per heavy atom. The van der Waals surface area contributed by atoms with Gasteiger partial charge in [0.25, 0.3) is 5.91 Å². The normalized spacial score (nSPS) is 15.1. The molecule has 2 amide bonds. The summed E-state index contributed by atoms with van der Waals surface area (Å²) in [6.45, 7) is 1.14. The molecule has 1 aliphatic heterocycles. The van der Waals surface area contributed by atoms with E-state index in [9.17, 15) is 9.59 Å².